The van der Waals surface area contributed by atoms with Crippen LogP contribution in [0.4, 0.5) is 10.8 Å². The van der Waals surface area contributed by atoms with E-state index in [0.29, 0.717) is 22.8 Å². The molecule has 6 nitrogen and oxygen atoms in total. The zero-order valence-electron chi connectivity index (χ0n) is 14.1. The number of fused-ring (bicyclic) bond motifs is 1. The van der Waals surface area contributed by atoms with Gasteiger partial charge in [0.25, 0.3) is 5.91 Å². The summed E-state index contributed by atoms with van der Waals surface area (Å²) in [4.78, 5) is 32.5. The molecule has 0 spiro atoms. The van der Waals surface area contributed by atoms with Crippen molar-refractivity contribution < 1.29 is 9.59 Å². The third-order valence-electron chi connectivity index (χ3n) is 4.27. The number of aromatic nitrogens is 2. The molecule has 0 unspecified atom stereocenters. The molecule has 0 radical (unpaired) electrons. The highest BCUT2D eigenvalue weighted by Gasteiger charge is 2.16. The minimum atomic E-state index is -0.218. The first kappa shape index (κ1) is 16.4. The van der Waals surface area contributed by atoms with Crippen LogP contribution in [0.1, 0.15) is 28.0 Å². The van der Waals surface area contributed by atoms with Crippen molar-refractivity contribution in [1.29, 1.82) is 0 Å². The number of hydrogen-bond acceptors (Lipinski definition) is 5. The number of rotatable bonds is 3. The predicted molar refractivity (Wildman–Crippen MR) is 101 cm³/mol. The molecule has 2 amide bonds. The van der Waals surface area contributed by atoms with Gasteiger partial charge in [0.05, 0.1) is 11.3 Å². The first-order chi connectivity index (χ1) is 12.6. The normalized spacial score (nSPS) is 13.0. The highest BCUT2D eigenvalue weighted by molar-refractivity contribution is 7.14. The van der Waals surface area contributed by atoms with E-state index in [9.17, 15) is 9.59 Å². The lowest BCUT2D eigenvalue weighted by Gasteiger charge is -2.17. The fraction of sp³-hybridized carbons (Fsp3) is 0.158. The number of anilines is 2. The largest absolute Gasteiger partial charge is 0.326 e. The minimum Gasteiger partial charge on any atom is -0.326 e. The molecule has 26 heavy (non-hydrogen) atoms. The van der Waals surface area contributed by atoms with E-state index < -0.39 is 0 Å². The van der Waals surface area contributed by atoms with Crippen LogP contribution >= 0.6 is 11.3 Å². The van der Waals surface area contributed by atoms with Crippen molar-refractivity contribution in [2.45, 2.75) is 19.8 Å². The van der Waals surface area contributed by atoms with Crippen LogP contribution in [0.3, 0.4) is 0 Å². The molecule has 1 aliphatic rings. The van der Waals surface area contributed by atoms with E-state index in [1.165, 1.54) is 11.3 Å². The van der Waals surface area contributed by atoms with Gasteiger partial charge < -0.3 is 5.32 Å². The Morgan fingerprint density at radius 2 is 2.15 bits per heavy atom. The summed E-state index contributed by atoms with van der Waals surface area (Å²) in [6.45, 7) is 1.80. The van der Waals surface area contributed by atoms with E-state index in [4.69, 9.17) is 0 Å². The van der Waals surface area contributed by atoms with Crippen LogP contribution in [0.25, 0.3) is 11.3 Å². The molecular formula is C19H16N4O2S. The maximum atomic E-state index is 12.4. The molecule has 2 N–H and O–H groups in total. The third-order valence-corrected chi connectivity index (χ3v) is 5.03. The average molecular weight is 364 g/mol. The molecule has 0 saturated heterocycles. The van der Waals surface area contributed by atoms with Gasteiger partial charge in [-0.1, -0.05) is 6.07 Å². The smallest absolute Gasteiger partial charge is 0.259 e. The predicted octanol–water partition coefficient (Wildman–Crippen LogP) is 3.65. The van der Waals surface area contributed by atoms with Crippen LogP contribution < -0.4 is 10.6 Å². The van der Waals surface area contributed by atoms with Gasteiger partial charge in [-0.3, -0.25) is 19.9 Å². The first-order valence-electron chi connectivity index (χ1n) is 8.22. The summed E-state index contributed by atoms with van der Waals surface area (Å²) in [6.07, 6.45) is 2.88. The average Bonchev–Trinajstić information content (AvgIpc) is 3.10. The number of hydrogen-bond donors (Lipinski definition) is 2. The summed E-state index contributed by atoms with van der Waals surface area (Å²) < 4.78 is 0. The number of amides is 2. The van der Waals surface area contributed by atoms with Crippen molar-refractivity contribution in [1.82, 2.24) is 9.97 Å². The first-order valence-corrected chi connectivity index (χ1v) is 9.10. The van der Waals surface area contributed by atoms with Crippen LogP contribution in [0.2, 0.25) is 0 Å². The summed E-state index contributed by atoms with van der Waals surface area (Å²) in [5.74, 6) is -0.167. The number of nitrogens with one attached hydrogen (secondary N) is 2. The van der Waals surface area contributed by atoms with Crippen LogP contribution in [-0.2, 0) is 11.2 Å². The Morgan fingerprint density at radius 3 is 3.00 bits per heavy atom. The van der Waals surface area contributed by atoms with E-state index in [2.05, 4.69) is 20.6 Å². The molecule has 1 aromatic carbocycles. The lowest BCUT2D eigenvalue weighted by Crippen LogP contribution is -2.18. The lowest BCUT2D eigenvalue weighted by atomic mass is 9.99. The van der Waals surface area contributed by atoms with E-state index in [1.54, 1.807) is 25.3 Å². The summed E-state index contributed by atoms with van der Waals surface area (Å²) >= 11 is 1.38. The second kappa shape index (κ2) is 6.68. The van der Waals surface area contributed by atoms with Gasteiger partial charge in [-0.15, -0.1) is 11.3 Å². The molecule has 3 aromatic rings. The number of thiazole rings is 1. The molecule has 7 heteroatoms. The Balaban J connectivity index is 1.54. The Bertz CT molecular complexity index is 1010. The fourth-order valence-corrected chi connectivity index (χ4v) is 3.61. The number of aryl methyl sites for hydroxylation is 2. The SMILES string of the molecule is Cc1ncccc1C(=O)Nc1nc(-c2ccc3c(c2)CCC(=O)N3)cs1. The second-order valence-corrected chi connectivity index (χ2v) is 6.91. The molecule has 0 aliphatic carbocycles. The summed E-state index contributed by atoms with van der Waals surface area (Å²) in [6, 6.07) is 9.35. The quantitative estimate of drug-likeness (QED) is 0.743. The Labute approximate surface area is 154 Å². The number of benzene rings is 1. The molecule has 0 atom stereocenters. The van der Waals surface area contributed by atoms with Crippen molar-refractivity contribution in [3.8, 4) is 11.3 Å². The molecule has 130 valence electrons. The van der Waals surface area contributed by atoms with E-state index in [1.807, 2.05) is 23.6 Å². The number of carbonyl (C=O) groups excluding carboxylic acids is 2. The van der Waals surface area contributed by atoms with Crippen molar-refractivity contribution in [3.63, 3.8) is 0 Å². The fourth-order valence-electron chi connectivity index (χ4n) is 2.90. The Hall–Kier alpha value is -3.06. The Kier molecular flexibility index (Phi) is 4.22. The molecule has 0 fully saturated rings. The van der Waals surface area contributed by atoms with Crippen molar-refractivity contribution in [2.75, 3.05) is 10.6 Å². The van der Waals surface area contributed by atoms with Crippen LogP contribution in [-0.4, -0.2) is 21.8 Å². The summed E-state index contributed by atoms with van der Waals surface area (Å²) in [7, 11) is 0. The maximum absolute atomic E-state index is 12.4. The molecule has 1 aliphatic heterocycles. The van der Waals surface area contributed by atoms with Gasteiger partial charge in [-0.2, -0.15) is 0 Å². The molecule has 2 aromatic heterocycles. The summed E-state index contributed by atoms with van der Waals surface area (Å²) in [5.41, 5.74) is 4.95. The van der Waals surface area contributed by atoms with Crippen LogP contribution in [0.5, 0.6) is 0 Å². The van der Waals surface area contributed by atoms with Crippen molar-refractivity contribution in [2.24, 2.45) is 0 Å². The maximum Gasteiger partial charge on any atom is 0.259 e. The van der Waals surface area contributed by atoms with Gasteiger partial charge in [0.2, 0.25) is 5.91 Å². The molecular weight excluding hydrogens is 348 g/mol. The monoisotopic (exact) mass is 364 g/mol. The van der Waals surface area contributed by atoms with Crippen molar-refractivity contribution >= 4 is 34.0 Å². The number of pyridine rings is 1. The molecule has 4 rings (SSSR count). The number of carbonyl (C=O) groups is 2. The van der Waals surface area contributed by atoms with Gasteiger partial charge in [0, 0.05) is 34.9 Å². The van der Waals surface area contributed by atoms with Crippen LogP contribution in [0.15, 0.2) is 41.9 Å². The standard InChI is InChI=1S/C19H16N4O2S/c1-11-14(3-2-8-20-11)18(25)23-19-22-16(10-26-19)13-4-6-15-12(9-13)5-7-17(24)21-15/h2-4,6,8-10H,5,7H2,1H3,(H,21,24)(H,22,23,25). The zero-order chi connectivity index (χ0) is 18.1. The van der Waals surface area contributed by atoms with E-state index in [-0.39, 0.29) is 11.8 Å². The lowest BCUT2D eigenvalue weighted by molar-refractivity contribution is -0.116. The molecule has 0 bridgehead atoms. The van der Waals surface area contributed by atoms with Gasteiger partial charge >= 0.3 is 0 Å². The number of nitrogens with zero attached hydrogens (tertiary/aromatic N) is 2. The minimum absolute atomic E-state index is 0.0506. The van der Waals surface area contributed by atoms with Crippen molar-refractivity contribution in [3.05, 3.63) is 58.7 Å². The van der Waals surface area contributed by atoms with E-state index in [0.717, 1.165) is 28.9 Å². The molecule has 3 heterocycles. The summed E-state index contributed by atoms with van der Waals surface area (Å²) in [5, 5.41) is 8.15. The topological polar surface area (TPSA) is 84.0 Å². The third kappa shape index (κ3) is 3.21. The Morgan fingerprint density at radius 1 is 1.27 bits per heavy atom. The molecule has 0 saturated carbocycles. The van der Waals surface area contributed by atoms with Gasteiger partial charge in [-0.05, 0) is 43.2 Å². The van der Waals surface area contributed by atoms with Gasteiger partial charge in [0.15, 0.2) is 5.13 Å². The highest BCUT2D eigenvalue weighted by Crippen LogP contribution is 2.30. The second-order valence-electron chi connectivity index (χ2n) is 6.05. The zero-order valence-corrected chi connectivity index (χ0v) is 14.9. The van der Waals surface area contributed by atoms with Crippen LogP contribution in [0, 0.1) is 6.92 Å². The highest BCUT2D eigenvalue weighted by atomic mass is 32.1. The van der Waals surface area contributed by atoms with Gasteiger partial charge in [-0.25, -0.2) is 4.98 Å². The van der Waals surface area contributed by atoms with E-state index >= 15 is 0 Å². The van der Waals surface area contributed by atoms with Gasteiger partial charge in [0.1, 0.15) is 0 Å².